The van der Waals surface area contributed by atoms with Crippen molar-refractivity contribution >= 4 is 153 Å². The predicted octanol–water partition coefficient (Wildman–Crippen LogP) is 37.9. The van der Waals surface area contributed by atoms with Crippen LogP contribution < -0.4 is 9.80 Å². The molecule has 27 aromatic rings. The zero-order valence-corrected chi connectivity index (χ0v) is 76.8. The summed E-state index contributed by atoms with van der Waals surface area (Å²) in [7, 11) is 0. The van der Waals surface area contributed by atoms with Gasteiger partial charge in [0.1, 0.15) is 0 Å². The maximum atomic E-state index is 2.43. The Labute approximate surface area is 812 Å². The first-order valence-electron chi connectivity index (χ1n) is 48.3. The highest BCUT2D eigenvalue weighted by atomic mass is 15.2. The van der Waals surface area contributed by atoms with E-state index in [1.165, 1.54) is 208 Å². The van der Waals surface area contributed by atoms with E-state index in [-0.39, 0.29) is 0 Å². The standard InChI is InChI=1S/C70H46N2.C66H44N2/c1-4-19-47(20-5-1)50-37-43-67-64(45-50)65-46-51(48-21-6-2-7-22-48)38-44-68(65)72(67)54-41-39-53(40-42-54)71(52-25-8-3-9-26-52)66-36-18-32-56-57(66)33-17-35-59(56)70-62-30-14-12-28-60(62)69(61-29-13-15-31-63(61)70)58-34-16-24-49-23-10-11-27-55(49)58;1-5-19-45(20-6-1)48-33-40-63-60(43-48)61-44-49(46-21-7-2-8-22-46)34-41-64(61)68(63)52-37-35-51(36-38-52)67(50-25-11-4-12-26-50)62-42-39-59(53-27-13-14-28-54(53)62)66-57-31-17-15-29-55(57)65(47-23-9-3-10-24-47)56-30-16-18-32-58(56)66/h1-46H;1-44H. The summed E-state index contributed by atoms with van der Waals surface area (Å²) in [6.45, 7) is 0. The van der Waals surface area contributed by atoms with E-state index in [4.69, 9.17) is 0 Å². The lowest BCUT2D eigenvalue weighted by Crippen LogP contribution is -2.10. The Balaban J connectivity index is 0.000000144. The molecule has 654 valence electrons. The summed E-state index contributed by atoms with van der Waals surface area (Å²) >= 11 is 0. The molecule has 0 aliphatic rings. The molecule has 4 nitrogen and oxygen atoms in total. The van der Waals surface area contributed by atoms with Crippen LogP contribution in [0.3, 0.4) is 0 Å². The van der Waals surface area contributed by atoms with Crippen LogP contribution in [0.25, 0.3) is 219 Å². The number of hydrogen-bond donors (Lipinski definition) is 0. The monoisotopic (exact) mass is 1780 g/mol. The van der Waals surface area contributed by atoms with Crippen LogP contribution in [0, 0.1) is 0 Å². The molecular formula is C136H90N4. The molecular weight excluding hydrogens is 1690 g/mol. The van der Waals surface area contributed by atoms with Crippen molar-refractivity contribution in [2.24, 2.45) is 0 Å². The van der Waals surface area contributed by atoms with Gasteiger partial charge in [-0.15, -0.1) is 0 Å². The van der Waals surface area contributed by atoms with Crippen molar-refractivity contribution in [2.45, 2.75) is 0 Å². The minimum Gasteiger partial charge on any atom is -0.310 e. The van der Waals surface area contributed by atoms with Gasteiger partial charge in [-0.25, -0.2) is 0 Å². The van der Waals surface area contributed by atoms with Crippen LogP contribution in [0.15, 0.2) is 546 Å². The van der Waals surface area contributed by atoms with Gasteiger partial charge in [0.05, 0.1) is 33.4 Å². The molecule has 0 amide bonds. The van der Waals surface area contributed by atoms with Gasteiger partial charge in [-0.05, 0) is 287 Å². The van der Waals surface area contributed by atoms with Crippen LogP contribution in [-0.4, -0.2) is 9.13 Å². The van der Waals surface area contributed by atoms with Crippen LogP contribution >= 0.6 is 0 Å². The molecule has 0 radical (unpaired) electrons. The van der Waals surface area contributed by atoms with E-state index in [0.717, 1.165) is 45.5 Å². The minimum absolute atomic E-state index is 1.08. The van der Waals surface area contributed by atoms with Crippen molar-refractivity contribution < 1.29 is 0 Å². The smallest absolute Gasteiger partial charge is 0.0541 e. The first kappa shape index (κ1) is 82.2. The number of fused-ring (bicyclic) bond motifs is 13. The third-order valence-corrected chi connectivity index (χ3v) is 28.5. The molecule has 140 heavy (non-hydrogen) atoms. The van der Waals surface area contributed by atoms with Gasteiger partial charge in [0.25, 0.3) is 0 Å². The van der Waals surface area contributed by atoms with Gasteiger partial charge in [-0.3, -0.25) is 0 Å². The lowest BCUT2D eigenvalue weighted by atomic mass is 9.83. The van der Waals surface area contributed by atoms with E-state index in [1.807, 2.05) is 0 Å². The molecule has 4 heteroatoms. The van der Waals surface area contributed by atoms with Gasteiger partial charge in [0.2, 0.25) is 0 Å². The molecule has 2 heterocycles. The van der Waals surface area contributed by atoms with E-state index < -0.39 is 0 Å². The Morgan fingerprint density at radius 1 is 0.129 bits per heavy atom. The van der Waals surface area contributed by atoms with Gasteiger partial charge < -0.3 is 18.9 Å². The van der Waals surface area contributed by atoms with Crippen molar-refractivity contribution in [3.05, 3.63) is 546 Å². The van der Waals surface area contributed by atoms with Crippen molar-refractivity contribution in [2.75, 3.05) is 9.80 Å². The molecule has 0 aliphatic heterocycles. The van der Waals surface area contributed by atoms with Crippen LogP contribution in [-0.2, 0) is 0 Å². The molecule has 0 spiro atoms. The average Bonchev–Trinajstić information content (AvgIpc) is 1.28. The predicted molar refractivity (Wildman–Crippen MR) is 597 cm³/mol. The summed E-state index contributed by atoms with van der Waals surface area (Å²) in [4.78, 5) is 4.83. The van der Waals surface area contributed by atoms with Crippen molar-refractivity contribution in [3.8, 4) is 100 Å². The second kappa shape index (κ2) is 35.1. The lowest BCUT2D eigenvalue weighted by molar-refractivity contribution is 1.17. The molecule has 2 aromatic heterocycles. The van der Waals surface area contributed by atoms with Crippen molar-refractivity contribution in [3.63, 3.8) is 0 Å². The number of rotatable bonds is 16. The number of anilines is 6. The fourth-order valence-corrected chi connectivity index (χ4v) is 22.2. The molecule has 0 saturated heterocycles. The number of nitrogens with zero attached hydrogens (tertiary/aromatic N) is 4. The van der Waals surface area contributed by atoms with E-state index in [0.29, 0.717) is 0 Å². The Hall–Kier alpha value is -18.5. The Morgan fingerprint density at radius 2 is 0.371 bits per heavy atom. The Morgan fingerprint density at radius 3 is 0.736 bits per heavy atom. The number of para-hydroxylation sites is 2. The zero-order chi connectivity index (χ0) is 92.5. The molecule has 0 bridgehead atoms. The maximum absolute atomic E-state index is 2.43. The summed E-state index contributed by atoms with van der Waals surface area (Å²) in [5.41, 5.74) is 33.2. The fraction of sp³-hybridized carbons (Fsp3) is 0. The third-order valence-electron chi connectivity index (χ3n) is 28.5. The van der Waals surface area contributed by atoms with E-state index >= 15 is 0 Å². The fourth-order valence-electron chi connectivity index (χ4n) is 22.2. The second-order valence-electron chi connectivity index (χ2n) is 36.4. The number of hydrogen-bond acceptors (Lipinski definition) is 2. The van der Waals surface area contributed by atoms with Gasteiger partial charge in [0, 0.05) is 66.4 Å². The molecule has 0 fully saturated rings. The highest BCUT2D eigenvalue weighted by Gasteiger charge is 2.27. The SMILES string of the molecule is c1ccc(-c2ccc3c(c2)c2cc(-c4ccccc4)ccc2n3-c2ccc(N(c3ccccc3)c3ccc(-c4c5ccccc5c(-c5ccccc5)c5ccccc45)c4ccccc34)cc2)cc1.c1ccc(-c2ccc3c(c2)c2cc(-c4ccccc4)ccc2n3-c2ccc(N(c3ccccc3)c3cccc4c(-c5c6ccccc6c(-c6cccc7ccccc67)c6ccccc56)cccc34)cc2)cc1. The highest BCUT2D eigenvalue weighted by Crippen LogP contribution is 2.53. The van der Waals surface area contributed by atoms with E-state index in [2.05, 4.69) is 565 Å². The second-order valence-corrected chi connectivity index (χ2v) is 36.4. The summed E-state index contributed by atoms with van der Waals surface area (Å²) < 4.78 is 4.85. The lowest BCUT2D eigenvalue weighted by Gasteiger charge is -2.28. The highest BCUT2D eigenvalue weighted by molar-refractivity contribution is 6.28. The van der Waals surface area contributed by atoms with E-state index in [9.17, 15) is 0 Å². The summed E-state index contributed by atoms with van der Waals surface area (Å²) in [5, 5.41) is 22.2. The number of benzene rings is 25. The molecule has 0 atom stereocenters. The Bertz CT molecular complexity index is 9130. The molecule has 0 aliphatic carbocycles. The van der Waals surface area contributed by atoms with E-state index in [1.54, 1.807) is 0 Å². The van der Waals surface area contributed by atoms with Crippen LogP contribution in [0.4, 0.5) is 34.1 Å². The molecule has 0 saturated carbocycles. The van der Waals surface area contributed by atoms with Gasteiger partial charge in [-0.1, -0.05) is 413 Å². The first-order valence-corrected chi connectivity index (χ1v) is 48.3. The maximum Gasteiger partial charge on any atom is 0.0541 e. The van der Waals surface area contributed by atoms with Gasteiger partial charge in [0.15, 0.2) is 0 Å². The normalized spacial score (nSPS) is 11.6. The van der Waals surface area contributed by atoms with Crippen LogP contribution in [0.5, 0.6) is 0 Å². The zero-order valence-electron chi connectivity index (χ0n) is 76.8. The molecule has 25 aromatic carbocycles. The van der Waals surface area contributed by atoms with Gasteiger partial charge in [-0.2, -0.15) is 0 Å². The quantitative estimate of drug-likeness (QED) is 0.0897. The Kier molecular flexibility index (Phi) is 20.6. The summed E-state index contributed by atoms with van der Waals surface area (Å²) in [6.07, 6.45) is 0. The topological polar surface area (TPSA) is 16.3 Å². The molecule has 0 unspecified atom stereocenters. The van der Waals surface area contributed by atoms with Crippen LogP contribution in [0.2, 0.25) is 0 Å². The summed E-state index contributed by atoms with van der Waals surface area (Å²) in [6, 6.07) is 200. The molecule has 27 rings (SSSR count). The van der Waals surface area contributed by atoms with Crippen molar-refractivity contribution in [1.29, 1.82) is 0 Å². The average molecular weight is 1780 g/mol. The number of aromatic nitrogens is 2. The third kappa shape index (κ3) is 14.3. The van der Waals surface area contributed by atoms with Crippen molar-refractivity contribution in [1.82, 2.24) is 9.13 Å². The largest absolute Gasteiger partial charge is 0.310 e. The summed E-state index contributed by atoms with van der Waals surface area (Å²) in [5.74, 6) is 0. The first-order chi connectivity index (χ1) is 69.5. The van der Waals surface area contributed by atoms with Gasteiger partial charge >= 0.3 is 0 Å². The van der Waals surface area contributed by atoms with Crippen LogP contribution in [0.1, 0.15) is 0 Å². The minimum atomic E-state index is 1.08. The molecule has 0 N–H and O–H groups in total.